The number of carbonyl (C=O) groups is 1. The molecular weight excluding hydrogens is 360 g/mol. The van der Waals surface area contributed by atoms with E-state index in [2.05, 4.69) is 63.1 Å². The number of nitrogens with zero attached hydrogens (tertiary/aromatic N) is 1. The van der Waals surface area contributed by atoms with Crippen molar-refractivity contribution in [2.45, 2.75) is 73.6 Å². The minimum Gasteiger partial charge on any atom is -0.493 e. The van der Waals surface area contributed by atoms with Gasteiger partial charge in [-0.05, 0) is 49.7 Å². The van der Waals surface area contributed by atoms with Gasteiger partial charge in [-0.1, -0.05) is 59.2 Å². The summed E-state index contributed by atoms with van der Waals surface area (Å²) in [5.41, 5.74) is 5.51. The molecule has 2 aromatic rings. The van der Waals surface area contributed by atoms with Crippen LogP contribution in [0.5, 0.6) is 5.75 Å². The maximum Gasteiger partial charge on any atom is 0.261 e. The van der Waals surface area contributed by atoms with Gasteiger partial charge in [0.1, 0.15) is 11.3 Å². The van der Waals surface area contributed by atoms with Crippen LogP contribution >= 0.6 is 0 Å². The fraction of sp³-hybridized carbons (Fsp3) is 0.520. The van der Waals surface area contributed by atoms with Crippen molar-refractivity contribution in [3.8, 4) is 5.75 Å². The third-order valence-corrected chi connectivity index (χ3v) is 5.09. The number of aryl methyl sites for hydroxylation is 4. The number of nitrogens with one attached hydrogen (secondary N) is 1. The Labute approximate surface area is 176 Å². The van der Waals surface area contributed by atoms with E-state index in [0.29, 0.717) is 23.8 Å². The summed E-state index contributed by atoms with van der Waals surface area (Å²) in [6, 6.07) is 8.11. The molecule has 1 amide bonds. The van der Waals surface area contributed by atoms with Gasteiger partial charge in [0.05, 0.1) is 12.3 Å². The lowest BCUT2D eigenvalue weighted by Gasteiger charge is -2.19. The first-order valence-corrected chi connectivity index (χ1v) is 11.0. The number of aromatic nitrogens is 1. The summed E-state index contributed by atoms with van der Waals surface area (Å²) < 4.78 is 6.09. The largest absolute Gasteiger partial charge is 0.493 e. The van der Waals surface area contributed by atoms with Crippen LogP contribution in [0.3, 0.4) is 0 Å². The second-order valence-electron chi connectivity index (χ2n) is 7.98. The van der Waals surface area contributed by atoms with Crippen molar-refractivity contribution in [1.29, 1.82) is 0 Å². The first kappa shape index (κ1) is 22.9. The summed E-state index contributed by atoms with van der Waals surface area (Å²) in [5, 5.41) is 3.20. The minimum absolute atomic E-state index is 0.129. The lowest BCUT2D eigenvalue weighted by molar-refractivity contribution is 0.102. The molecule has 0 aliphatic rings. The van der Waals surface area contributed by atoms with E-state index in [-0.39, 0.29) is 5.91 Å². The van der Waals surface area contributed by atoms with Gasteiger partial charge < -0.3 is 10.1 Å². The molecule has 0 saturated carbocycles. The fourth-order valence-electron chi connectivity index (χ4n) is 3.46. The average Bonchev–Trinajstić information content (AvgIpc) is 2.67. The van der Waals surface area contributed by atoms with Gasteiger partial charge in [-0.25, -0.2) is 0 Å². The zero-order valence-corrected chi connectivity index (χ0v) is 18.9. The number of rotatable bonds is 10. The molecule has 2 rings (SSSR count). The van der Waals surface area contributed by atoms with Crippen molar-refractivity contribution in [1.82, 2.24) is 4.98 Å². The number of para-hydroxylation sites is 1. The van der Waals surface area contributed by atoms with Crippen LogP contribution < -0.4 is 10.1 Å². The van der Waals surface area contributed by atoms with Crippen molar-refractivity contribution in [2.75, 3.05) is 11.9 Å². The molecule has 0 fully saturated rings. The summed E-state index contributed by atoms with van der Waals surface area (Å²) in [5.74, 6) is 1.07. The number of amides is 1. The highest BCUT2D eigenvalue weighted by Gasteiger charge is 2.21. The molecule has 0 aliphatic carbocycles. The van der Waals surface area contributed by atoms with Crippen molar-refractivity contribution < 1.29 is 9.53 Å². The van der Waals surface area contributed by atoms with Gasteiger partial charge in [-0.3, -0.25) is 9.78 Å². The lowest BCUT2D eigenvalue weighted by Crippen LogP contribution is -2.20. The van der Waals surface area contributed by atoms with E-state index in [0.717, 1.165) is 60.3 Å². The molecule has 158 valence electrons. The zero-order valence-electron chi connectivity index (χ0n) is 18.9. The first-order valence-electron chi connectivity index (χ1n) is 11.0. The monoisotopic (exact) mass is 396 g/mol. The molecule has 0 unspecified atom stereocenters. The van der Waals surface area contributed by atoms with E-state index in [4.69, 9.17) is 4.74 Å². The molecule has 4 heteroatoms. The van der Waals surface area contributed by atoms with Crippen molar-refractivity contribution in [2.24, 2.45) is 5.92 Å². The SMILES string of the molecule is CCCc1nc(C)cc(OCCC(C)C)c1C(=O)Nc1c(CC)cccc1CC. The summed E-state index contributed by atoms with van der Waals surface area (Å²) in [6.45, 7) is 13.2. The number of benzene rings is 1. The molecule has 0 radical (unpaired) electrons. The summed E-state index contributed by atoms with van der Waals surface area (Å²) in [6.07, 6.45) is 4.36. The van der Waals surface area contributed by atoms with Crippen molar-refractivity contribution in [3.63, 3.8) is 0 Å². The highest BCUT2D eigenvalue weighted by Crippen LogP contribution is 2.28. The Kier molecular flexibility index (Phi) is 8.69. The van der Waals surface area contributed by atoms with Gasteiger partial charge in [0.2, 0.25) is 0 Å². The Balaban J connectivity index is 2.44. The molecule has 1 heterocycles. The standard InChI is InChI=1S/C25H36N2O2/c1-7-11-21-23(22(16-18(6)26-21)29-15-14-17(4)5)25(28)27-24-19(8-2)12-10-13-20(24)9-3/h10,12-13,16-17H,7-9,11,14-15H2,1-6H3,(H,27,28). The van der Waals surface area contributed by atoms with Crippen molar-refractivity contribution in [3.05, 3.63) is 52.3 Å². The molecule has 0 spiro atoms. The quantitative estimate of drug-likeness (QED) is 0.524. The Bertz CT molecular complexity index is 806. The van der Waals surface area contributed by atoms with Gasteiger partial charge in [0.25, 0.3) is 5.91 Å². The maximum absolute atomic E-state index is 13.4. The average molecular weight is 397 g/mol. The molecule has 1 aromatic heterocycles. The highest BCUT2D eigenvalue weighted by molar-refractivity contribution is 6.07. The van der Waals surface area contributed by atoms with Gasteiger partial charge in [-0.15, -0.1) is 0 Å². The predicted octanol–water partition coefficient (Wildman–Crippen LogP) is 6.14. The van der Waals surface area contributed by atoms with Crippen LogP contribution in [-0.4, -0.2) is 17.5 Å². The molecule has 0 saturated heterocycles. The van der Waals surface area contributed by atoms with E-state index in [9.17, 15) is 4.79 Å². The molecule has 1 aromatic carbocycles. The summed E-state index contributed by atoms with van der Waals surface area (Å²) in [4.78, 5) is 18.1. The zero-order chi connectivity index (χ0) is 21.4. The van der Waals surface area contributed by atoms with E-state index < -0.39 is 0 Å². The number of hydrogen-bond acceptors (Lipinski definition) is 3. The smallest absolute Gasteiger partial charge is 0.261 e. The Morgan fingerprint density at radius 2 is 1.79 bits per heavy atom. The number of pyridine rings is 1. The third kappa shape index (κ3) is 6.06. The number of anilines is 1. The van der Waals surface area contributed by atoms with Crippen LogP contribution in [0.4, 0.5) is 5.69 Å². The Hall–Kier alpha value is -2.36. The van der Waals surface area contributed by atoms with Gasteiger partial charge in [0, 0.05) is 17.4 Å². The van der Waals surface area contributed by atoms with Gasteiger partial charge in [0.15, 0.2) is 0 Å². The first-order chi connectivity index (χ1) is 13.9. The van der Waals surface area contributed by atoms with E-state index in [1.807, 2.05) is 13.0 Å². The number of carbonyl (C=O) groups excluding carboxylic acids is 1. The second kappa shape index (κ2) is 11.0. The van der Waals surface area contributed by atoms with Crippen molar-refractivity contribution >= 4 is 11.6 Å². The molecule has 4 nitrogen and oxygen atoms in total. The maximum atomic E-state index is 13.4. The Morgan fingerprint density at radius 3 is 2.34 bits per heavy atom. The summed E-state index contributed by atoms with van der Waals surface area (Å²) >= 11 is 0. The molecular formula is C25H36N2O2. The topological polar surface area (TPSA) is 51.2 Å². The van der Waals surface area contributed by atoms with Gasteiger partial charge in [-0.2, -0.15) is 0 Å². The van der Waals surface area contributed by atoms with Crippen LogP contribution in [0.25, 0.3) is 0 Å². The molecule has 29 heavy (non-hydrogen) atoms. The molecule has 1 N–H and O–H groups in total. The highest BCUT2D eigenvalue weighted by atomic mass is 16.5. The summed E-state index contributed by atoms with van der Waals surface area (Å²) in [7, 11) is 0. The van der Waals surface area contributed by atoms with Crippen LogP contribution in [0.1, 0.15) is 80.3 Å². The second-order valence-corrected chi connectivity index (χ2v) is 7.98. The van der Waals surface area contributed by atoms with Crippen LogP contribution in [0, 0.1) is 12.8 Å². The minimum atomic E-state index is -0.129. The van der Waals surface area contributed by atoms with Gasteiger partial charge >= 0.3 is 0 Å². The van der Waals surface area contributed by atoms with Crippen LogP contribution in [0.2, 0.25) is 0 Å². The van der Waals surface area contributed by atoms with E-state index in [1.165, 1.54) is 0 Å². The lowest BCUT2D eigenvalue weighted by atomic mass is 10.0. The van der Waals surface area contributed by atoms with E-state index >= 15 is 0 Å². The van der Waals surface area contributed by atoms with Crippen LogP contribution in [-0.2, 0) is 19.3 Å². The Morgan fingerprint density at radius 1 is 1.14 bits per heavy atom. The normalized spacial score (nSPS) is 11.0. The molecule has 0 atom stereocenters. The third-order valence-electron chi connectivity index (χ3n) is 5.09. The predicted molar refractivity (Wildman–Crippen MR) is 121 cm³/mol. The van der Waals surface area contributed by atoms with Crippen LogP contribution in [0.15, 0.2) is 24.3 Å². The van der Waals surface area contributed by atoms with E-state index in [1.54, 1.807) is 0 Å². The molecule has 0 aliphatic heterocycles. The fourth-order valence-corrected chi connectivity index (χ4v) is 3.46. The molecule has 0 bridgehead atoms. The number of hydrogen-bond donors (Lipinski definition) is 1. The number of ether oxygens (including phenoxy) is 1.